The third-order valence-corrected chi connectivity index (χ3v) is 9.90. The van der Waals surface area contributed by atoms with Gasteiger partial charge in [0.15, 0.2) is 0 Å². The Bertz CT molecular complexity index is 799. The highest BCUT2D eigenvalue weighted by atomic mass is 28.4. The Hall–Kier alpha value is -2.15. The summed E-state index contributed by atoms with van der Waals surface area (Å²) in [4.78, 5) is 25.4. The van der Waals surface area contributed by atoms with Crippen LogP contribution in [0, 0.1) is 10.1 Å². The molecule has 0 saturated heterocycles. The molecule has 0 atom stereocenters. The van der Waals surface area contributed by atoms with E-state index in [4.69, 9.17) is 4.43 Å². The van der Waals surface area contributed by atoms with E-state index in [1.54, 1.807) is 12.1 Å². The molecule has 1 aliphatic carbocycles. The highest BCUT2D eigenvalue weighted by molar-refractivity contribution is 6.74. The lowest BCUT2D eigenvalue weighted by molar-refractivity contribution is -0.384. The highest BCUT2D eigenvalue weighted by Gasteiger charge is 2.44. The van der Waals surface area contributed by atoms with Crippen molar-refractivity contribution in [1.82, 2.24) is 4.90 Å². The van der Waals surface area contributed by atoms with Crippen LogP contribution in [-0.4, -0.2) is 29.6 Å². The number of carbonyl (C=O) groups is 1. The number of allylic oxidation sites excluding steroid dienone is 1. The van der Waals surface area contributed by atoms with Gasteiger partial charge in [-0.3, -0.25) is 14.9 Å². The number of carbonyl (C=O) groups excluding carboxylic acids is 1. The van der Waals surface area contributed by atoms with Crippen LogP contribution in [0.4, 0.5) is 5.69 Å². The van der Waals surface area contributed by atoms with E-state index in [-0.39, 0.29) is 22.2 Å². The summed E-state index contributed by atoms with van der Waals surface area (Å²) in [6.45, 7) is 17.3. The zero-order chi connectivity index (χ0) is 21.5. The first-order valence-electron chi connectivity index (χ1n) is 9.60. The van der Waals surface area contributed by atoms with E-state index in [1.165, 1.54) is 12.1 Å². The Morgan fingerprint density at radius 1 is 1.14 bits per heavy atom. The molecule has 6 nitrogen and oxygen atoms in total. The van der Waals surface area contributed by atoms with Gasteiger partial charge in [0.25, 0.3) is 11.6 Å². The third kappa shape index (κ3) is 5.01. The van der Waals surface area contributed by atoms with E-state index in [2.05, 4.69) is 33.9 Å². The average Bonchev–Trinajstić information content (AvgIpc) is 3.28. The van der Waals surface area contributed by atoms with Crippen LogP contribution in [0.25, 0.3) is 0 Å². The standard InChI is InChI=1S/C21H32N2O4Si/c1-20(2,3)22(14-15-9-11-16(12-10-15)23(25)26)19(24)17-13-18(17)27-28(7,8)21(4,5)6/h9-12H,13-14H2,1-8H3. The number of rotatable bonds is 6. The molecule has 0 fully saturated rings. The van der Waals surface area contributed by atoms with Crippen LogP contribution in [0.1, 0.15) is 53.5 Å². The van der Waals surface area contributed by atoms with Gasteiger partial charge in [-0.15, -0.1) is 0 Å². The van der Waals surface area contributed by atoms with Crippen molar-refractivity contribution in [3.63, 3.8) is 0 Å². The number of amides is 1. The van der Waals surface area contributed by atoms with Crippen LogP contribution < -0.4 is 0 Å². The van der Waals surface area contributed by atoms with Crippen LogP contribution in [0.5, 0.6) is 0 Å². The molecule has 28 heavy (non-hydrogen) atoms. The first-order chi connectivity index (χ1) is 12.6. The minimum absolute atomic E-state index is 0.0143. The summed E-state index contributed by atoms with van der Waals surface area (Å²) >= 11 is 0. The second-order valence-electron chi connectivity index (χ2n) is 9.93. The maximum atomic E-state index is 13.2. The predicted molar refractivity (Wildman–Crippen MR) is 113 cm³/mol. The lowest BCUT2D eigenvalue weighted by atomic mass is 10.0. The molecule has 2 rings (SSSR count). The van der Waals surface area contributed by atoms with Crippen molar-refractivity contribution in [2.45, 2.75) is 78.2 Å². The number of non-ortho nitro benzene ring substituents is 1. The van der Waals surface area contributed by atoms with E-state index in [0.29, 0.717) is 13.0 Å². The van der Waals surface area contributed by atoms with E-state index in [0.717, 1.165) is 16.9 Å². The molecular weight excluding hydrogens is 372 g/mol. The Kier molecular flexibility index (Phi) is 5.81. The maximum absolute atomic E-state index is 13.2. The van der Waals surface area contributed by atoms with Crippen molar-refractivity contribution in [3.05, 3.63) is 51.3 Å². The predicted octanol–water partition coefficient (Wildman–Crippen LogP) is 5.40. The fourth-order valence-electron chi connectivity index (χ4n) is 2.55. The van der Waals surface area contributed by atoms with Gasteiger partial charge in [-0.2, -0.15) is 0 Å². The molecular formula is C21H32N2O4Si. The van der Waals surface area contributed by atoms with E-state index >= 15 is 0 Å². The molecule has 1 aromatic rings. The summed E-state index contributed by atoms with van der Waals surface area (Å²) in [5.74, 6) is 0.814. The van der Waals surface area contributed by atoms with Crippen molar-refractivity contribution in [2.75, 3.05) is 0 Å². The molecule has 0 unspecified atom stereocenters. The fourth-order valence-corrected chi connectivity index (χ4v) is 3.67. The van der Waals surface area contributed by atoms with Gasteiger partial charge in [-0.1, -0.05) is 32.9 Å². The van der Waals surface area contributed by atoms with Gasteiger partial charge < -0.3 is 9.33 Å². The molecule has 1 amide bonds. The molecule has 1 aromatic carbocycles. The summed E-state index contributed by atoms with van der Waals surface area (Å²) in [5.41, 5.74) is 1.28. The Labute approximate surface area is 168 Å². The first-order valence-corrected chi connectivity index (χ1v) is 12.5. The summed E-state index contributed by atoms with van der Waals surface area (Å²) in [6, 6.07) is 6.36. The van der Waals surface area contributed by atoms with E-state index in [9.17, 15) is 14.9 Å². The summed E-state index contributed by atoms with van der Waals surface area (Å²) < 4.78 is 6.30. The van der Waals surface area contributed by atoms with Gasteiger partial charge >= 0.3 is 0 Å². The van der Waals surface area contributed by atoms with Gasteiger partial charge in [0.2, 0.25) is 8.32 Å². The Morgan fingerprint density at radius 3 is 2.11 bits per heavy atom. The number of hydrogen-bond acceptors (Lipinski definition) is 4. The van der Waals surface area contributed by atoms with Gasteiger partial charge in [0.1, 0.15) is 0 Å². The number of hydrogen-bond donors (Lipinski definition) is 0. The third-order valence-electron chi connectivity index (χ3n) is 5.53. The highest BCUT2D eigenvalue weighted by Crippen LogP contribution is 2.44. The lowest BCUT2D eigenvalue weighted by Crippen LogP contribution is -2.45. The molecule has 0 spiro atoms. The number of benzene rings is 1. The van der Waals surface area contributed by atoms with Crippen molar-refractivity contribution in [3.8, 4) is 0 Å². The van der Waals surface area contributed by atoms with Crippen molar-refractivity contribution in [1.29, 1.82) is 0 Å². The zero-order valence-corrected chi connectivity index (χ0v) is 19.3. The quantitative estimate of drug-likeness (QED) is 0.361. The lowest BCUT2D eigenvalue weighted by Gasteiger charge is -2.36. The normalized spacial score (nSPS) is 14.7. The van der Waals surface area contributed by atoms with Crippen LogP contribution in [0.15, 0.2) is 35.6 Å². The van der Waals surface area contributed by atoms with Crippen LogP contribution in [-0.2, 0) is 15.8 Å². The number of nitro groups is 1. The molecule has 0 aliphatic heterocycles. The van der Waals surface area contributed by atoms with Gasteiger partial charge in [0.05, 0.1) is 16.3 Å². The van der Waals surface area contributed by atoms with Crippen molar-refractivity contribution in [2.24, 2.45) is 0 Å². The topological polar surface area (TPSA) is 72.7 Å². The SMILES string of the molecule is CC(C)(C)N(Cc1ccc([N+](=O)[O-])cc1)C(=O)C1=C(O[Si](C)(C)C(C)(C)C)C1. The van der Waals surface area contributed by atoms with Crippen LogP contribution in [0.2, 0.25) is 18.1 Å². The van der Waals surface area contributed by atoms with Crippen LogP contribution in [0.3, 0.4) is 0 Å². The van der Waals surface area contributed by atoms with E-state index in [1.807, 2.05) is 25.7 Å². The molecule has 0 radical (unpaired) electrons. The Morgan fingerprint density at radius 2 is 1.68 bits per heavy atom. The van der Waals surface area contributed by atoms with Gasteiger partial charge in [0, 0.05) is 30.6 Å². The molecule has 0 heterocycles. The molecule has 0 saturated carbocycles. The Balaban J connectivity index is 2.19. The molecule has 154 valence electrons. The first kappa shape index (κ1) is 22.1. The van der Waals surface area contributed by atoms with Crippen LogP contribution >= 0.6 is 0 Å². The maximum Gasteiger partial charge on any atom is 0.269 e. The largest absolute Gasteiger partial charge is 0.546 e. The molecule has 0 aromatic heterocycles. The zero-order valence-electron chi connectivity index (χ0n) is 18.3. The van der Waals surface area contributed by atoms with E-state index < -0.39 is 13.2 Å². The minimum Gasteiger partial charge on any atom is -0.546 e. The smallest absolute Gasteiger partial charge is 0.269 e. The monoisotopic (exact) mass is 404 g/mol. The summed E-state index contributed by atoms with van der Waals surface area (Å²) in [6.07, 6.45) is 0.609. The molecule has 1 aliphatic rings. The molecule has 0 bridgehead atoms. The average molecular weight is 405 g/mol. The number of nitrogens with zero attached hydrogens (tertiary/aromatic N) is 2. The number of nitro benzene ring substituents is 1. The minimum atomic E-state index is -1.96. The summed E-state index contributed by atoms with van der Waals surface area (Å²) in [5, 5.41) is 10.9. The second kappa shape index (κ2) is 7.35. The fraction of sp³-hybridized carbons (Fsp3) is 0.571. The molecule has 7 heteroatoms. The molecule has 0 N–H and O–H groups in total. The summed E-state index contributed by atoms with van der Waals surface area (Å²) in [7, 11) is -1.96. The second-order valence-corrected chi connectivity index (χ2v) is 14.7. The van der Waals surface area contributed by atoms with Gasteiger partial charge in [-0.25, -0.2) is 0 Å². The van der Waals surface area contributed by atoms with Crippen molar-refractivity contribution < 1.29 is 14.1 Å². The van der Waals surface area contributed by atoms with Crippen molar-refractivity contribution >= 4 is 19.9 Å². The van der Waals surface area contributed by atoms with Gasteiger partial charge in [-0.05, 0) is 44.5 Å².